The molecule has 3 nitrogen and oxygen atoms in total. The van der Waals surface area contributed by atoms with Gasteiger partial charge in [-0.3, -0.25) is 4.57 Å². The molecular formula is C20H21Cl2N3S2. The molecule has 0 bridgehead atoms. The van der Waals surface area contributed by atoms with Crippen LogP contribution in [0.2, 0.25) is 10.0 Å². The summed E-state index contributed by atoms with van der Waals surface area (Å²) in [5.41, 5.74) is 3.89. The van der Waals surface area contributed by atoms with Gasteiger partial charge in [0.1, 0.15) is 0 Å². The third kappa shape index (κ3) is 3.93. The molecule has 142 valence electrons. The Hall–Kier alpha value is -1.01. The molecule has 3 aromatic rings. The first kappa shape index (κ1) is 19.3. The minimum absolute atomic E-state index is 0.297. The maximum absolute atomic E-state index is 6.14. The van der Waals surface area contributed by atoms with Crippen LogP contribution in [0.1, 0.15) is 48.7 Å². The predicted molar refractivity (Wildman–Crippen MR) is 116 cm³/mol. The summed E-state index contributed by atoms with van der Waals surface area (Å²) in [4.78, 5) is 1.53. The normalized spacial score (nSPS) is 14.0. The summed E-state index contributed by atoms with van der Waals surface area (Å²) in [7, 11) is 0. The third-order valence-corrected chi connectivity index (χ3v) is 7.68. The fraction of sp³-hybridized carbons (Fsp3) is 0.400. The summed E-state index contributed by atoms with van der Waals surface area (Å²) in [6.07, 6.45) is 4.93. The zero-order chi connectivity index (χ0) is 19.0. The van der Waals surface area contributed by atoms with Crippen LogP contribution in [0.25, 0.3) is 11.4 Å². The number of aryl methyl sites for hydroxylation is 1. The fourth-order valence-corrected chi connectivity index (χ4v) is 5.94. The van der Waals surface area contributed by atoms with Crippen molar-refractivity contribution in [3.63, 3.8) is 0 Å². The first-order valence-electron chi connectivity index (χ1n) is 9.16. The third-order valence-electron chi connectivity index (χ3n) is 4.84. The SMILES string of the molecule is CC(C)n1c(SCc2ccc(Cl)c(Cl)c2)nnc1-c1csc2c1CCCC2. The second kappa shape index (κ2) is 8.16. The van der Waals surface area contributed by atoms with Crippen molar-refractivity contribution >= 4 is 46.3 Å². The number of rotatable bonds is 5. The van der Waals surface area contributed by atoms with Crippen molar-refractivity contribution in [3.05, 3.63) is 49.6 Å². The van der Waals surface area contributed by atoms with E-state index in [1.54, 1.807) is 11.8 Å². The molecule has 0 fully saturated rings. The van der Waals surface area contributed by atoms with Gasteiger partial charge >= 0.3 is 0 Å². The Morgan fingerprint density at radius 2 is 1.96 bits per heavy atom. The number of fused-ring (bicyclic) bond motifs is 1. The second-order valence-corrected chi connectivity index (χ2v) is 9.79. The maximum Gasteiger partial charge on any atom is 0.192 e. The van der Waals surface area contributed by atoms with Gasteiger partial charge in [-0.15, -0.1) is 21.5 Å². The predicted octanol–water partition coefficient (Wildman–Crippen LogP) is 7.07. The van der Waals surface area contributed by atoms with Crippen LogP contribution in [-0.2, 0) is 18.6 Å². The number of nitrogens with zero attached hydrogens (tertiary/aromatic N) is 3. The van der Waals surface area contributed by atoms with E-state index in [0.717, 1.165) is 28.7 Å². The molecule has 1 aliphatic carbocycles. The zero-order valence-electron chi connectivity index (χ0n) is 15.3. The lowest BCUT2D eigenvalue weighted by Crippen LogP contribution is -2.07. The Labute approximate surface area is 178 Å². The smallest absolute Gasteiger partial charge is 0.192 e. The monoisotopic (exact) mass is 437 g/mol. The molecule has 0 radical (unpaired) electrons. The molecule has 1 aliphatic rings. The molecule has 0 amide bonds. The summed E-state index contributed by atoms with van der Waals surface area (Å²) in [5.74, 6) is 1.78. The largest absolute Gasteiger partial charge is 0.299 e. The standard InChI is InChI=1S/C20H21Cl2N3S2/c1-12(2)25-19(15-11-26-18-6-4-3-5-14(15)18)23-24-20(25)27-10-13-7-8-16(21)17(22)9-13/h7-9,11-12H,3-6,10H2,1-2H3. The van der Waals surface area contributed by atoms with Crippen molar-refractivity contribution in [3.8, 4) is 11.4 Å². The van der Waals surface area contributed by atoms with Crippen LogP contribution >= 0.6 is 46.3 Å². The van der Waals surface area contributed by atoms with Crippen molar-refractivity contribution in [2.24, 2.45) is 0 Å². The minimum Gasteiger partial charge on any atom is -0.299 e. The van der Waals surface area contributed by atoms with Gasteiger partial charge in [0.25, 0.3) is 0 Å². The minimum atomic E-state index is 0.297. The second-order valence-electron chi connectivity index (χ2n) is 7.07. The highest BCUT2D eigenvalue weighted by Crippen LogP contribution is 2.38. The number of hydrogen-bond acceptors (Lipinski definition) is 4. The molecule has 0 spiro atoms. The van der Waals surface area contributed by atoms with E-state index in [2.05, 4.69) is 34.0 Å². The van der Waals surface area contributed by atoms with Gasteiger partial charge in [-0.05, 0) is 62.8 Å². The van der Waals surface area contributed by atoms with Crippen molar-refractivity contribution < 1.29 is 0 Å². The summed E-state index contributed by atoms with van der Waals surface area (Å²) >= 11 is 15.7. The first-order chi connectivity index (χ1) is 13.0. The average molecular weight is 438 g/mol. The molecule has 0 atom stereocenters. The Balaban J connectivity index is 1.63. The summed E-state index contributed by atoms with van der Waals surface area (Å²) in [5, 5.41) is 13.5. The number of thioether (sulfide) groups is 1. The van der Waals surface area contributed by atoms with Gasteiger partial charge in [-0.25, -0.2) is 0 Å². The van der Waals surface area contributed by atoms with Crippen LogP contribution in [-0.4, -0.2) is 14.8 Å². The molecule has 27 heavy (non-hydrogen) atoms. The van der Waals surface area contributed by atoms with E-state index in [1.165, 1.54) is 35.3 Å². The summed E-state index contributed by atoms with van der Waals surface area (Å²) in [6, 6.07) is 6.07. The van der Waals surface area contributed by atoms with Gasteiger partial charge in [0, 0.05) is 27.6 Å². The lowest BCUT2D eigenvalue weighted by molar-refractivity contribution is 0.554. The van der Waals surface area contributed by atoms with Crippen molar-refractivity contribution in [2.75, 3.05) is 0 Å². The van der Waals surface area contributed by atoms with E-state index >= 15 is 0 Å². The maximum atomic E-state index is 6.14. The van der Waals surface area contributed by atoms with Crippen LogP contribution in [0.5, 0.6) is 0 Å². The van der Waals surface area contributed by atoms with Crippen LogP contribution in [0.3, 0.4) is 0 Å². The van der Waals surface area contributed by atoms with E-state index in [0.29, 0.717) is 16.1 Å². The Bertz CT molecular complexity index is 962. The Kier molecular flexibility index (Phi) is 5.83. The molecule has 0 saturated heterocycles. The number of thiophene rings is 1. The molecule has 0 N–H and O–H groups in total. The molecular weight excluding hydrogens is 417 g/mol. The molecule has 2 aromatic heterocycles. The topological polar surface area (TPSA) is 30.7 Å². The number of benzene rings is 1. The van der Waals surface area contributed by atoms with Gasteiger partial charge in [0.05, 0.1) is 10.0 Å². The van der Waals surface area contributed by atoms with E-state index in [-0.39, 0.29) is 0 Å². The number of hydrogen-bond donors (Lipinski definition) is 0. The molecule has 0 saturated carbocycles. The molecule has 7 heteroatoms. The van der Waals surface area contributed by atoms with Crippen molar-refractivity contribution in [1.29, 1.82) is 0 Å². The summed E-state index contributed by atoms with van der Waals surface area (Å²) < 4.78 is 2.26. The molecule has 2 heterocycles. The lowest BCUT2D eigenvalue weighted by Gasteiger charge is -2.16. The fourth-order valence-electron chi connectivity index (χ4n) is 3.48. The number of halogens is 2. The van der Waals surface area contributed by atoms with E-state index in [9.17, 15) is 0 Å². The van der Waals surface area contributed by atoms with Crippen molar-refractivity contribution in [1.82, 2.24) is 14.8 Å². The van der Waals surface area contributed by atoms with Gasteiger partial charge < -0.3 is 0 Å². The van der Waals surface area contributed by atoms with E-state index in [1.807, 2.05) is 29.5 Å². The highest BCUT2D eigenvalue weighted by atomic mass is 35.5. The van der Waals surface area contributed by atoms with Crippen molar-refractivity contribution in [2.45, 2.75) is 56.5 Å². The Morgan fingerprint density at radius 3 is 2.74 bits per heavy atom. The molecule has 1 aromatic carbocycles. The van der Waals surface area contributed by atoms with E-state index in [4.69, 9.17) is 23.2 Å². The average Bonchev–Trinajstić information content (AvgIpc) is 3.26. The van der Waals surface area contributed by atoms with Gasteiger partial charge in [-0.1, -0.05) is 41.0 Å². The molecule has 0 aliphatic heterocycles. The van der Waals surface area contributed by atoms with Gasteiger partial charge in [-0.2, -0.15) is 0 Å². The molecule has 0 unspecified atom stereocenters. The van der Waals surface area contributed by atoms with Crippen LogP contribution in [0.15, 0.2) is 28.7 Å². The zero-order valence-corrected chi connectivity index (χ0v) is 18.5. The first-order valence-corrected chi connectivity index (χ1v) is 11.8. The quantitative estimate of drug-likeness (QED) is 0.399. The Morgan fingerprint density at radius 1 is 1.15 bits per heavy atom. The highest BCUT2D eigenvalue weighted by molar-refractivity contribution is 7.98. The van der Waals surface area contributed by atoms with Crippen LogP contribution in [0.4, 0.5) is 0 Å². The highest BCUT2D eigenvalue weighted by Gasteiger charge is 2.23. The summed E-state index contributed by atoms with van der Waals surface area (Å²) in [6.45, 7) is 4.38. The number of aromatic nitrogens is 3. The van der Waals surface area contributed by atoms with Crippen LogP contribution in [0, 0.1) is 0 Å². The van der Waals surface area contributed by atoms with E-state index < -0.39 is 0 Å². The van der Waals surface area contributed by atoms with Gasteiger partial charge in [0.15, 0.2) is 11.0 Å². The lowest BCUT2D eigenvalue weighted by atomic mass is 9.95. The molecule has 4 rings (SSSR count). The van der Waals surface area contributed by atoms with Gasteiger partial charge in [0.2, 0.25) is 0 Å². The van der Waals surface area contributed by atoms with Crippen LogP contribution < -0.4 is 0 Å².